The second-order valence-corrected chi connectivity index (χ2v) is 6.62. The second kappa shape index (κ2) is 5.28. The molecule has 1 N–H and O–H groups in total. The summed E-state index contributed by atoms with van der Waals surface area (Å²) in [4.78, 5) is 0. The van der Waals surface area contributed by atoms with E-state index in [1.807, 2.05) is 19.1 Å². The van der Waals surface area contributed by atoms with Crippen molar-refractivity contribution < 1.29 is 13.5 Å². The van der Waals surface area contributed by atoms with Crippen LogP contribution in [0.25, 0.3) is 0 Å². The van der Waals surface area contributed by atoms with Gasteiger partial charge in [0.25, 0.3) is 0 Å². The van der Waals surface area contributed by atoms with Gasteiger partial charge in [0.05, 0.1) is 17.5 Å². The van der Waals surface area contributed by atoms with Crippen LogP contribution in [-0.2, 0) is 10.0 Å². The van der Waals surface area contributed by atoms with Gasteiger partial charge in [-0.3, -0.25) is 4.31 Å². The third-order valence-electron chi connectivity index (χ3n) is 3.20. The number of hydrogen-bond donors (Lipinski definition) is 1. The van der Waals surface area contributed by atoms with Crippen molar-refractivity contribution in [2.24, 2.45) is 0 Å². The fraction of sp³-hybridized carbons (Fsp3) is 0.538. The fourth-order valence-corrected chi connectivity index (χ4v) is 3.97. The van der Waals surface area contributed by atoms with Crippen LogP contribution in [-0.4, -0.2) is 25.8 Å². The Kier molecular flexibility index (Phi) is 3.92. The quantitative estimate of drug-likeness (QED) is 0.913. The van der Waals surface area contributed by atoms with Crippen LogP contribution in [0.2, 0.25) is 0 Å². The van der Waals surface area contributed by atoms with Gasteiger partial charge in [0, 0.05) is 12.1 Å². The molecule has 1 atom stereocenters. The van der Waals surface area contributed by atoms with Gasteiger partial charge >= 0.3 is 0 Å². The summed E-state index contributed by atoms with van der Waals surface area (Å²) >= 11 is 0. The highest BCUT2D eigenvalue weighted by molar-refractivity contribution is 7.92. The summed E-state index contributed by atoms with van der Waals surface area (Å²) in [7, 11) is -3.27. The number of nitrogens with zero attached hydrogens (tertiary/aromatic N) is 1. The highest BCUT2D eigenvalue weighted by Crippen LogP contribution is 2.34. The van der Waals surface area contributed by atoms with E-state index in [1.165, 1.54) is 4.31 Å². The van der Waals surface area contributed by atoms with Crippen LogP contribution in [0, 0.1) is 0 Å². The number of benzene rings is 1. The van der Waals surface area contributed by atoms with Gasteiger partial charge in [0.1, 0.15) is 0 Å². The molecule has 0 saturated heterocycles. The van der Waals surface area contributed by atoms with E-state index in [2.05, 4.69) is 0 Å². The summed E-state index contributed by atoms with van der Waals surface area (Å²) in [5.41, 5.74) is 1.35. The Morgan fingerprint density at radius 2 is 2.11 bits per heavy atom. The van der Waals surface area contributed by atoms with Crippen molar-refractivity contribution in [3.63, 3.8) is 0 Å². The Morgan fingerprint density at radius 3 is 2.83 bits per heavy atom. The van der Waals surface area contributed by atoms with Crippen LogP contribution in [0.4, 0.5) is 5.69 Å². The molecule has 1 aromatic carbocycles. The first-order chi connectivity index (χ1) is 8.56. The van der Waals surface area contributed by atoms with E-state index in [0.717, 1.165) is 5.56 Å². The second-order valence-electron chi connectivity index (χ2n) is 4.60. The van der Waals surface area contributed by atoms with Gasteiger partial charge in [0.2, 0.25) is 10.0 Å². The monoisotopic (exact) mass is 269 g/mol. The molecule has 1 unspecified atom stereocenters. The number of fused-ring (bicyclic) bond motifs is 1. The molecule has 0 aliphatic carbocycles. The Balaban J connectivity index is 2.47. The highest BCUT2D eigenvalue weighted by Gasteiger charge is 2.28. The summed E-state index contributed by atoms with van der Waals surface area (Å²) in [5.74, 6) is 0.150. The van der Waals surface area contributed by atoms with Crippen molar-refractivity contribution in [1.82, 2.24) is 0 Å². The number of aliphatic hydroxyl groups excluding tert-OH is 1. The minimum Gasteiger partial charge on any atom is -0.388 e. The molecule has 2 rings (SSSR count). The molecule has 1 aromatic rings. The Labute approximate surface area is 108 Å². The molecule has 0 amide bonds. The van der Waals surface area contributed by atoms with Crippen LogP contribution in [0.5, 0.6) is 0 Å². The molecule has 18 heavy (non-hydrogen) atoms. The molecule has 5 heteroatoms. The van der Waals surface area contributed by atoms with Gasteiger partial charge in [-0.05, 0) is 25.3 Å². The van der Waals surface area contributed by atoms with E-state index in [9.17, 15) is 13.5 Å². The van der Waals surface area contributed by atoms with E-state index < -0.39 is 16.1 Å². The third kappa shape index (κ3) is 2.52. The van der Waals surface area contributed by atoms with Gasteiger partial charge < -0.3 is 5.11 Å². The predicted octanol–water partition coefficient (Wildman–Crippen LogP) is 2.06. The first-order valence-corrected chi connectivity index (χ1v) is 7.94. The lowest BCUT2D eigenvalue weighted by atomic mass is 10.1. The lowest BCUT2D eigenvalue weighted by Crippen LogP contribution is -2.33. The zero-order chi connectivity index (χ0) is 13.2. The largest absolute Gasteiger partial charge is 0.388 e. The molecule has 0 radical (unpaired) electrons. The van der Waals surface area contributed by atoms with Crippen LogP contribution in [0.15, 0.2) is 24.3 Å². The van der Waals surface area contributed by atoms with Crippen LogP contribution in [0.1, 0.15) is 37.9 Å². The smallest absolute Gasteiger partial charge is 0.235 e. The topological polar surface area (TPSA) is 57.6 Å². The van der Waals surface area contributed by atoms with E-state index in [0.29, 0.717) is 31.5 Å². The summed E-state index contributed by atoms with van der Waals surface area (Å²) < 4.78 is 26.0. The minimum atomic E-state index is -3.27. The van der Waals surface area contributed by atoms with Crippen molar-refractivity contribution in [3.8, 4) is 0 Å². The molecule has 0 saturated carbocycles. The Bertz CT molecular complexity index is 513. The average Bonchev–Trinajstić information content (AvgIpc) is 2.50. The van der Waals surface area contributed by atoms with Gasteiger partial charge in [-0.1, -0.05) is 25.1 Å². The highest BCUT2D eigenvalue weighted by atomic mass is 32.2. The molecular formula is C13H19NO3S. The minimum absolute atomic E-state index is 0.150. The zero-order valence-corrected chi connectivity index (χ0v) is 11.4. The molecule has 0 fully saturated rings. The molecule has 1 aliphatic heterocycles. The molecule has 1 heterocycles. The fourth-order valence-electron chi connectivity index (χ4n) is 2.36. The molecule has 1 aliphatic rings. The number of aliphatic hydroxyl groups is 1. The van der Waals surface area contributed by atoms with Crippen molar-refractivity contribution in [1.29, 1.82) is 0 Å². The van der Waals surface area contributed by atoms with E-state index in [4.69, 9.17) is 0 Å². The number of sulfonamides is 1. The van der Waals surface area contributed by atoms with Gasteiger partial charge in [-0.15, -0.1) is 0 Å². The molecule has 0 aromatic heterocycles. The SMILES string of the molecule is CCCS(=O)(=O)N1CCCC(O)c2ccccc21. The van der Waals surface area contributed by atoms with Crippen molar-refractivity contribution in [3.05, 3.63) is 29.8 Å². The standard InChI is InChI=1S/C13H19NO3S/c1-2-10-18(16,17)14-9-5-8-13(15)11-6-3-4-7-12(11)14/h3-4,6-7,13,15H,2,5,8-10H2,1H3. The molecule has 4 nitrogen and oxygen atoms in total. The number of para-hydroxylation sites is 1. The maximum atomic E-state index is 12.3. The summed E-state index contributed by atoms with van der Waals surface area (Å²) in [6.07, 6.45) is 1.32. The van der Waals surface area contributed by atoms with Crippen molar-refractivity contribution >= 4 is 15.7 Å². The zero-order valence-electron chi connectivity index (χ0n) is 10.5. The van der Waals surface area contributed by atoms with Crippen molar-refractivity contribution in [2.75, 3.05) is 16.6 Å². The summed E-state index contributed by atoms with van der Waals surface area (Å²) in [5, 5.41) is 10.0. The van der Waals surface area contributed by atoms with E-state index >= 15 is 0 Å². The van der Waals surface area contributed by atoms with Gasteiger partial charge in [-0.25, -0.2) is 8.42 Å². The first kappa shape index (κ1) is 13.4. The molecule has 100 valence electrons. The predicted molar refractivity (Wildman–Crippen MR) is 72.1 cm³/mol. The first-order valence-electron chi connectivity index (χ1n) is 6.33. The van der Waals surface area contributed by atoms with Gasteiger partial charge in [0.15, 0.2) is 0 Å². The molecule has 0 bridgehead atoms. The summed E-state index contributed by atoms with van der Waals surface area (Å²) in [6, 6.07) is 7.22. The van der Waals surface area contributed by atoms with Crippen LogP contribution < -0.4 is 4.31 Å². The lowest BCUT2D eigenvalue weighted by molar-refractivity contribution is 0.168. The average molecular weight is 269 g/mol. The lowest BCUT2D eigenvalue weighted by Gasteiger charge is -2.24. The van der Waals surface area contributed by atoms with E-state index in [1.54, 1.807) is 12.1 Å². The van der Waals surface area contributed by atoms with Crippen molar-refractivity contribution in [2.45, 2.75) is 32.3 Å². The number of hydrogen-bond acceptors (Lipinski definition) is 3. The molecular weight excluding hydrogens is 250 g/mol. The van der Waals surface area contributed by atoms with Crippen LogP contribution in [0.3, 0.4) is 0 Å². The van der Waals surface area contributed by atoms with Gasteiger partial charge in [-0.2, -0.15) is 0 Å². The third-order valence-corrected chi connectivity index (χ3v) is 5.18. The maximum absolute atomic E-state index is 12.3. The Hall–Kier alpha value is -1.07. The number of anilines is 1. The van der Waals surface area contributed by atoms with E-state index in [-0.39, 0.29) is 5.75 Å². The Morgan fingerprint density at radius 1 is 1.39 bits per heavy atom. The normalized spacial score (nSPS) is 20.3. The molecule has 0 spiro atoms. The van der Waals surface area contributed by atoms with Crippen LogP contribution >= 0.6 is 0 Å². The number of rotatable bonds is 3. The maximum Gasteiger partial charge on any atom is 0.235 e. The summed E-state index contributed by atoms with van der Waals surface area (Å²) in [6.45, 7) is 2.31.